The van der Waals surface area contributed by atoms with Crippen molar-refractivity contribution in [1.82, 2.24) is 10.3 Å². The number of rotatable bonds is 5. The van der Waals surface area contributed by atoms with E-state index in [0.29, 0.717) is 5.56 Å². The molecule has 2 aromatic rings. The Morgan fingerprint density at radius 3 is 2.70 bits per heavy atom. The van der Waals surface area contributed by atoms with Gasteiger partial charge >= 0.3 is 0 Å². The maximum Gasteiger partial charge on any atom is 0.253 e. The van der Waals surface area contributed by atoms with E-state index < -0.39 is 0 Å². The highest BCUT2D eigenvalue weighted by Gasteiger charge is 2.13. The maximum atomic E-state index is 12.2. The fraction of sp³-hybridized carbons (Fsp3) is 0.250. The van der Waals surface area contributed by atoms with Gasteiger partial charge in [0.15, 0.2) is 0 Å². The third kappa shape index (κ3) is 3.57. The quantitative estimate of drug-likeness (QED) is 0.876. The number of benzene rings is 1. The molecule has 104 valence electrons. The second kappa shape index (κ2) is 6.70. The molecule has 0 spiro atoms. The molecule has 1 unspecified atom stereocenters. The van der Waals surface area contributed by atoms with Crippen LogP contribution in [-0.4, -0.2) is 24.0 Å². The van der Waals surface area contributed by atoms with E-state index in [1.165, 1.54) is 5.56 Å². The van der Waals surface area contributed by atoms with E-state index in [0.717, 1.165) is 12.1 Å². The molecule has 1 aromatic heterocycles. The molecule has 0 aliphatic rings. The summed E-state index contributed by atoms with van der Waals surface area (Å²) >= 11 is 0. The molecule has 1 amide bonds. The van der Waals surface area contributed by atoms with Crippen LogP contribution in [0.5, 0.6) is 0 Å². The van der Waals surface area contributed by atoms with Crippen molar-refractivity contribution in [1.29, 1.82) is 0 Å². The molecule has 0 aliphatic carbocycles. The molecule has 0 bridgehead atoms. The minimum Gasteiger partial charge on any atom is -0.386 e. The lowest BCUT2D eigenvalue weighted by Gasteiger charge is -2.15. The summed E-state index contributed by atoms with van der Waals surface area (Å²) in [6, 6.07) is 11.9. The number of aromatic nitrogens is 1. The van der Waals surface area contributed by atoms with Crippen LogP contribution in [0.15, 0.2) is 48.8 Å². The van der Waals surface area contributed by atoms with Crippen LogP contribution in [0.2, 0.25) is 0 Å². The Balaban J connectivity index is 2.00. The summed E-state index contributed by atoms with van der Waals surface area (Å²) in [5.41, 5.74) is 2.56. The molecule has 1 aromatic carbocycles. The molecule has 20 heavy (non-hydrogen) atoms. The van der Waals surface area contributed by atoms with E-state index in [-0.39, 0.29) is 11.9 Å². The molecule has 1 heterocycles. The number of anilines is 1. The lowest BCUT2D eigenvalue weighted by Crippen LogP contribution is -2.34. The van der Waals surface area contributed by atoms with Crippen molar-refractivity contribution in [2.24, 2.45) is 0 Å². The fourth-order valence-corrected chi connectivity index (χ4v) is 2.11. The number of amides is 1. The molecule has 4 heteroatoms. The highest BCUT2D eigenvalue weighted by atomic mass is 16.1. The van der Waals surface area contributed by atoms with Gasteiger partial charge in [-0.1, -0.05) is 30.3 Å². The number of carbonyl (C=O) groups excluding carboxylic acids is 1. The molecule has 1 atom stereocenters. The minimum absolute atomic E-state index is 0.0720. The van der Waals surface area contributed by atoms with Gasteiger partial charge in [0.25, 0.3) is 5.91 Å². The number of hydrogen-bond donors (Lipinski definition) is 2. The van der Waals surface area contributed by atoms with Gasteiger partial charge in [0.05, 0.1) is 17.4 Å². The second-order valence-electron chi connectivity index (χ2n) is 4.74. The average molecular weight is 269 g/mol. The van der Waals surface area contributed by atoms with Crippen LogP contribution in [0.1, 0.15) is 22.8 Å². The Morgan fingerprint density at radius 1 is 1.25 bits per heavy atom. The minimum atomic E-state index is -0.0832. The SMILES string of the molecule is CNc1cnccc1C(=O)NC(C)Cc1ccccc1. The third-order valence-electron chi connectivity index (χ3n) is 3.10. The Labute approximate surface area is 119 Å². The van der Waals surface area contributed by atoms with Crippen LogP contribution in [-0.2, 0) is 6.42 Å². The summed E-state index contributed by atoms with van der Waals surface area (Å²) in [5, 5.41) is 5.99. The van der Waals surface area contributed by atoms with E-state index in [1.54, 1.807) is 25.5 Å². The first-order valence-corrected chi connectivity index (χ1v) is 6.67. The smallest absolute Gasteiger partial charge is 0.253 e. The molecule has 0 saturated carbocycles. The fourth-order valence-electron chi connectivity index (χ4n) is 2.11. The highest BCUT2D eigenvalue weighted by Crippen LogP contribution is 2.12. The van der Waals surface area contributed by atoms with Gasteiger partial charge in [0.1, 0.15) is 0 Å². The number of nitrogens with zero attached hydrogens (tertiary/aromatic N) is 1. The lowest BCUT2D eigenvalue weighted by molar-refractivity contribution is 0.0941. The van der Waals surface area contributed by atoms with E-state index in [9.17, 15) is 4.79 Å². The van der Waals surface area contributed by atoms with Gasteiger partial charge in [-0.15, -0.1) is 0 Å². The van der Waals surface area contributed by atoms with Gasteiger partial charge in [0.2, 0.25) is 0 Å². The predicted molar refractivity (Wildman–Crippen MR) is 80.9 cm³/mol. The van der Waals surface area contributed by atoms with Crippen molar-refractivity contribution in [3.63, 3.8) is 0 Å². The summed E-state index contributed by atoms with van der Waals surface area (Å²) < 4.78 is 0. The Bertz CT molecular complexity index is 569. The van der Waals surface area contributed by atoms with Crippen LogP contribution >= 0.6 is 0 Å². The number of carbonyl (C=O) groups is 1. The normalized spacial score (nSPS) is 11.7. The van der Waals surface area contributed by atoms with Crippen molar-refractivity contribution >= 4 is 11.6 Å². The van der Waals surface area contributed by atoms with Crippen LogP contribution < -0.4 is 10.6 Å². The molecule has 0 saturated heterocycles. The van der Waals surface area contributed by atoms with Gasteiger partial charge in [0, 0.05) is 19.3 Å². The molecule has 2 N–H and O–H groups in total. The zero-order chi connectivity index (χ0) is 14.4. The standard InChI is InChI=1S/C16H19N3O/c1-12(10-13-6-4-3-5-7-13)19-16(20)14-8-9-18-11-15(14)17-2/h3-9,11-12,17H,10H2,1-2H3,(H,19,20). The van der Waals surface area contributed by atoms with E-state index in [1.807, 2.05) is 25.1 Å². The first-order valence-electron chi connectivity index (χ1n) is 6.67. The molecule has 0 radical (unpaired) electrons. The van der Waals surface area contributed by atoms with Crippen molar-refractivity contribution < 1.29 is 4.79 Å². The Hall–Kier alpha value is -2.36. The summed E-state index contributed by atoms with van der Waals surface area (Å²) in [6.45, 7) is 2.01. The van der Waals surface area contributed by atoms with Crippen LogP contribution in [0, 0.1) is 0 Å². The van der Waals surface area contributed by atoms with Crippen molar-refractivity contribution in [3.8, 4) is 0 Å². The Kier molecular flexibility index (Phi) is 4.71. The lowest BCUT2D eigenvalue weighted by atomic mass is 10.1. The van der Waals surface area contributed by atoms with Gasteiger partial charge in [-0.2, -0.15) is 0 Å². The monoisotopic (exact) mass is 269 g/mol. The second-order valence-corrected chi connectivity index (χ2v) is 4.74. The molecular formula is C16H19N3O. The molecule has 4 nitrogen and oxygen atoms in total. The van der Waals surface area contributed by atoms with Crippen LogP contribution in [0.3, 0.4) is 0 Å². The van der Waals surface area contributed by atoms with Crippen molar-refractivity contribution in [2.45, 2.75) is 19.4 Å². The summed E-state index contributed by atoms with van der Waals surface area (Å²) in [4.78, 5) is 16.2. The van der Waals surface area contributed by atoms with Crippen LogP contribution in [0.25, 0.3) is 0 Å². The van der Waals surface area contributed by atoms with E-state index in [4.69, 9.17) is 0 Å². The zero-order valence-electron chi connectivity index (χ0n) is 11.8. The molecular weight excluding hydrogens is 250 g/mol. The van der Waals surface area contributed by atoms with Crippen molar-refractivity contribution in [3.05, 3.63) is 59.9 Å². The largest absolute Gasteiger partial charge is 0.386 e. The third-order valence-corrected chi connectivity index (χ3v) is 3.10. The van der Waals surface area contributed by atoms with Gasteiger partial charge in [-0.05, 0) is 25.0 Å². The number of hydrogen-bond acceptors (Lipinski definition) is 3. The first-order chi connectivity index (χ1) is 9.70. The maximum absolute atomic E-state index is 12.2. The summed E-state index contributed by atoms with van der Waals surface area (Å²) in [5.74, 6) is -0.0832. The van der Waals surface area contributed by atoms with Gasteiger partial charge < -0.3 is 10.6 Å². The van der Waals surface area contributed by atoms with E-state index in [2.05, 4.69) is 27.8 Å². The number of nitrogens with one attached hydrogen (secondary N) is 2. The summed E-state index contributed by atoms with van der Waals surface area (Å²) in [6.07, 6.45) is 4.08. The van der Waals surface area contributed by atoms with Gasteiger partial charge in [-0.25, -0.2) is 0 Å². The molecule has 0 fully saturated rings. The number of pyridine rings is 1. The van der Waals surface area contributed by atoms with Crippen molar-refractivity contribution in [2.75, 3.05) is 12.4 Å². The van der Waals surface area contributed by atoms with Gasteiger partial charge in [-0.3, -0.25) is 9.78 Å². The van der Waals surface area contributed by atoms with E-state index >= 15 is 0 Å². The zero-order valence-corrected chi connectivity index (χ0v) is 11.8. The highest BCUT2D eigenvalue weighted by molar-refractivity contribution is 5.99. The Morgan fingerprint density at radius 2 is 2.00 bits per heavy atom. The molecule has 0 aliphatic heterocycles. The molecule has 2 rings (SSSR count). The summed E-state index contributed by atoms with van der Waals surface area (Å²) in [7, 11) is 1.78. The topological polar surface area (TPSA) is 54.0 Å². The van der Waals surface area contributed by atoms with Crippen LogP contribution in [0.4, 0.5) is 5.69 Å². The predicted octanol–water partition coefficient (Wildman–Crippen LogP) is 2.48. The average Bonchev–Trinajstić information content (AvgIpc) is 2.48. The first kappa shape index (κ1) is 14.1.